The van der Waals surface area contributed by atoms with E-state index in [1.807, 2.05) is 12.1 Å². The number of alkyl halides is 3. The summed E-state index contributed by atoms with van der Waals surface area (Å²) in [6.45, 7) is 0.154. The zero-order valence-electron chi connectivity index (χ0n) is 19.9. The molecule has 0 aliphatic carbocycles. The Balaban J connectivity index is 1.76. The third-order valence-corrected chi connectivity index (χ3v) is 6.25. The average Bonchev–Trinajstić information content (AvgIpc) is 2.99. The maximum Gasteiger partial charge on any atom is 0.422 e. The molecule has 0 saturated carbocycles. The molecule has 1 aromatic heterocycles. The van der Waals surface area contributed by atoms with Gasteiger partial charge in [-0.3, -0.25) is 14.6 Å². The van der Waals surface area contributed by atoms with E-state index in [9.17, 15) is 22.8 Å². The lowest BCUT2D eigenvalue weighted by atomic mass is 10.1. The predicted octanol–water partition coefficient (Wildman–Crippen LogP) is 3.75. The van der Waals surface area contributed by atoms with Crippen LogP contribution in [0.25, 0.3) is 10.9 Å². The van der Waals surface area contributed by atoms with E-state index >= 15 is 0 Å². The van der Waals surface area contributed by atoms with E-state index < -0.39 is 24.9 Å². The van der Waals surface area contributed by atoms with E-state index in [0.717, 1.165) is 5.56 Å². The van der Waals surface area contributed by atoms with Gasteiger partial charge in [-0.2, -0.15) is 13.2 Å². The Labute approximate surface area is 206 Å². The molecule has 2 amide bonds. The number of pyridine rings is 1. The second-order valence-electron chi connectivity index (χ2n) is 8.69. The van der Waals surface area contributed by atoms with Crippen molar-refractivity contribution in [2.24, 2.45) is 0 Å². The van der Waals surface area contributed by atoms with Gasteiger partial charge in [0.25, 0.3) is 0 Å². The number of hydrogen-bond acceptors (Lipinski definition) is 5. The molecule has 2 atom stereocenters. The second kappa shape index (κ2) is 10.5. The number of likely N-dealkylation sites (N-methyl/N-ethyl adjacent to an activating group) is 1. The van der Waals surface area contributed by atoms with Crippen molar-refractivity contribution in [3.05, 3.63) is 65.9 Å². The zero-order valence-corrected chi connectivity index (χ0v) is 19.9. The van der Waals surface area contributed by atoms with E-state index in [2.05, 4.69) is 15.6 Å². The highest BCUT2D eigenvalue weighted by molar-refractivity contribution is 6.01. The Hall–Kier alpha value is -3.66. The maximum absolute atomic E-state index is 13.8. The molecule has 0 spiro atoms. The molecule has 2 N–H and O–H groups in total. The summed E-state index contributed by atoms with van der Waals surface area (Å²) in [5.74, 6) is -0.713. The number of nitrogens with one attached hydrogen (secondary N) is 2. The van der Waals surface area contributed by atoms with Crippen LogP contribution in [-0.2, 0) is 22.6 Å². The summed E-state index contributed by atoms with van der Waals surface area (Å²) in [5, 5.41) is 6.26. The molecule has 3 aromatic rings. The van der Waals surface area contributed by atoms with Gasteiger partial charge in [0.2, 0.25) is 11.8 Å². The summed E-state index contributed by atoms with van der Waals surface area (Å²) >= 11 is 0. The van der Waals surface area contributed by atoms with Gasteiger partial charge in [0, 0.05) is 16.6 Å². The monoisotopic (exact) mass is 500 g/mol. The molecular formula is C26H27F3N4O3. The van der Waals surface area contributed by atoms with Crippen molar-refractivity contribution in [1.82, 2.24) is 15.6 Å². The highest BCUT2D eigenvalue weighted by Gasteiger charge is 2.34. The van der Waals surface area contributed by atoms with Crippen LogP contribution in [0.1, 0.15) is 24.5 Å². The number of para-hydroxylation sites is 2. The second-order valence-corrected chi connectivity index (χ2v) is 8.69. The number of hydrogen-bond donors (Lipinski definition) is 2. The minimum atomic E-state index is -4.53. The van der Waals surface area contributed by atoms with Gasteiger partial charge in [0.15, 0.2) is 6.61 Å². The van der Waals surface area contributed by atoms with Gasteiger partial charge in [-0.15, -0.1) is 0 Å². The molecule has 36 heavy (non-hydrogen) atoms. The van der Waals surface area contributed by atoms with Crippen LogP contribution in [0.2, 0.25) is 0 Å². The topological polar surface area (TPSA) is 83.6 Å². The largest absolute Gasteiger partial charge is 0.482 e. The van der Waals surface area contributed by atoms with Crippen LogP contribution in [-0.4, -0.2) is 48.7 Å². The van der Waals surface area contributed by atoms with Crippen molar-refractivity contribution >= 4 is 28.4 Å². The van der Waals surface area contributed by atoms with E-state index in [0.29, 0.717) is 35.0 Å². The molecule has 2 aromatic carbocycles. The van der Waals surface area contributed by atoms with Gasteiger partial charge >= 0.3 is 6.18 Å². The van der Waals surface area contributed by atoms with E-state index in [1.54, 1.807) is 50.4 Å². The number of carbonyl (C=O) groups excluding carboxylic acids is 2. The first-order chi connectivity index (χ1) is 17.2. The van der Waals surface area contributed by atoms with Gasteiger partial charge in [0.1, 0.15) is 11.8 Å². The number of anilines is 1. The number of ether oxygens (including phenoxy) is 1. The number of amides is 2. The number of fused-ring (bicyclic) bond motifs is 2. The number of benzene rings is 2. The molecule has 0 bridgehead atoms. The Morgan fingerprint density at radius 3 is 2.67 bits per heavy atom. The highest BCUT2D eigenvalue weighted by Crippen LogP contribution is 2.34. The van der Waals surface area contributed by atoms with Gasteiger partial charge in [0.05, 0.1) is 24.3 Å². The fourth-order valence-corrected chi connectivity index (χ4v) is 4.23. The maximum atomic E-state index is 13.8. The summed E-state index contributed by atoms with van der Waals surface area (Å²) in [6.07, 6.45) is -2.34. The molecule has 10 heteroatoms. The number of halogens is 3. The first-order valence-corrected chi connectivity index (χ1v) is 11.6. The Morgan fingerprint density at radius 1 is 1.19 bits per heavy atom. The predicted molar refractivity (Wildman–Crippen MR) is 130 cm³/mol. The van der Waals surface area contributed by atoms with Gasteiger partial charge in [-0.1, -0.05) is 36.4 Å². The van der Waals surface area contributed by atoms with Crippen molar-refractivity contribution in [2.75, 3.05) is 18.6 Å². The molecule has 1 aliphatic heterocycles. The fourth-order valence-electron chi connectivity index (χ4n) is 4.23. The summed E-state index contributed by atoms with van der Waals surface area (Å²) in [4.78, 5) is 32.1. The summed E-state index contributed by atoms with van der Waals surface area (Å²) in [5.41, 5.74) is 2.52. The van der Waals surface area contributed by atoms with Gasteiger partial charge < -0.3 is 20.3 Å². The van der Waals surface area contributed by atoms with Crippen LogP contribution in [0.5, 0.6) is 5.75 Å². The number of rotatable bonds is 7. The molecule has 190 valence electrons. The lowest BCUT2D eigenvalue weighted by Crippen LogP contribution is -2.52. The molecular weight excluding hydrogens is 473 g/mol. The van der Waals surface area contributed by atoms with Crippen LogP contribution >= 0.6 is 0 Å². The third-order valence-electron chi connectivity index (χ3n) is 6.25. The molecule has 1 aliphatic rings. The number of nitrogens with zero attached hydrogens (tertiary/aromatic N) is 2. The minimum Gasteiger partial charge on any atom is -0.482 e. The summed E-state index contributed by atoms with van der Waals surface area (Å²) in [7, 11) is 1.65. The quantitative estimate of drug-likeness (QED) is 0.517. The van der Waals surface area contributed by atoms with E-state index in [1.165, 1.54) is 11.1 Å². The Kier molecular flexibility index (Phi) is 7.44. The lowest BCUT2D eigenvalue weighted by Gasteiger charge is -2.28. The number of aryl methyl sites for hydroxylation is 1. The molecule has 0 fully saturated rings. The molecule has 0 saturated heterocycles. The van der Waals surface area contributed by atoms with Crippen LogP contribution in [0.4, 0.5) is 18.9 Å². The fraction of sp³-hybridized carbons (Fsp3) is 0.346. The van der Waals surface area contributed by atoms with E-state index in [4.69, 9.17) is 4.74 Å². The van der Waals surface area contributed by atoms with Crippen molar-refractivity contribution in [3.63, 3.8) is 0 Å². The molecule has 1 unspecified atom stereocenters. The van der Waals surface area contributed by atoms with Crippen LogP contribution in [0.15, 0.2) is 54.7 Å². The van der Waals surface area contributed by atoms with Gasteiger partial charge in [-0.25, -0.2) is 0 Å². The Bertz CT molecular complexity index is 1260. The SMILES string of the molecule is CNC(C)C(=O)N[C@H]1CCc2ccccc2N(Cc2c(OCC(F)(F)F)cnc3ccccc23)C1=O. The molecule has 2 heterocycles. The van der Waals surface area contributed by atoms with Crippen molar-refractivity contribution in [3.8, 4) is 5.75 Å². The zero-order chi connectivity index (χ0) is 25.9. The van der Waals surface area contributed by atoms with Gasteiger partial charge in [-0.05, 0) is 44.5 Å². The molecule has 4 rings (SSSR count). The molecule has 0 radical (unpaired) electrons. The van der Waals surface area contributed by atoms with Crippen molar-refractivity contribution < 1.29 is 27.5 Å². The first-order valence-electron chi connectivity index (χ1n) is 11.6. The van der Waals surface area contributed by atoms with E-state index in [-0.39, 0.29) is 24.1 Å². The smallest absolute Gasteiger partial charge is 0.422 e. The lowest BCUT2D eigenvalue weighted by molar-refractivity contribution is -0.153. The van der Waals surface area contributed by atoms with Crippen molar-refractivity contribution in [2.45, 2.75) is 44.6 Å². The summed E-state index contributed by atoms with van der Waals surface area (Å²) < 4.78 is 44.1. The third kappa shape index (κ3) is 5.59. The number of aromatic nitrogens is 1. The van der Waals surface area contributed by atoms with Crippen LogP contribution in [0.3, 0.4) is 0 Å². The van der Waals surface area contributed by atoms with Crippen molar-refractivity contribution in [1.29, 1.82) is 0 Å². The highest BCUT2D eigenvalue weighted by atomic mass is 19.4. The standard InChI is InChI=1S/C26H27F3N4O3/c1-16(30-2)24(34)32-21-12-11-17-7-3-6-10-22(17)33(25(21)35)14-19-18-8-4-5-9-20(18)31-13-23(19)36-15-26(27,28)29/h3-10,13,16,21,30H,11-12,14-15H2,1-2H3,(H,32,34)/t16?,21-/m0/s1. The van der Waals surface area contributed by atoms with Crippen LogP contribution in [0, 0.1) is 0 Å². The average molecular weight is 501 g/mol. The minimum absolute atomic E-state index is 0.0510. The van der Waals surface area contributed by atoms with Crippen LogP contribution < -0.4 is 20.3 Å². The normalized spacial score (nSPS) is 16.9. The molecule has 7 nitrogen and oxygen atoms in total. The first kappa shape index (κ1) is 25.4. The number of carbonyl (C=O) groups is 2. The Morgan fingerprint density at radius 2 is 1.92 bits per heavy atom. The summed E-state index contributed by atoms with van der Waals surface area (Å²) in [6, 6.07) is 13.1.